The van der Waals surface area contributed by atoms with Gasteiger partial charge in [-0.2, -0.15) is 0 Å². The number of thiophene rings is 1. The van der Waals surface area contributed by atoms with E-state index < -0.39 is 5.97 Å². The highest BCUT2D eigenvalue weighted by molar-refractivity contribution is 9.11. The third kappa shape index (κ3) is 2.39. The van der Waals surface area contributed by atoms with Gasteiger partial charge in [0.1, 0.15) is 5.52 Å². The SMILES string of the molecule is O=C(O)c1ccc2c(c1)nnn2Cc1ccc(Br)s1. The standard InChI is InChI=1S/C12H8BrN3O2S/c13-11-4-2-8(19-11)6-16-10-3-1-7(12(17)18)5-9(10)14-15-16/h1-5H,6H2,(H,17,18). The summed E-state index contributed by atoms with van der Waals surface area (Å²) >= 11 is 5.06. The topological polar surface area (TPSA) is 68.0 Å². The van der Waals surface area contributed by atoms with Gasteiger partial charge in [-0.3, -0.25) is 0 Å². The van der Waals surface area contributed by atoms with Crippen molar-refractivity contribution in [2.24, 2.45) is 0 Å². The summed E-state index contributed by atoms with van der Waals surface area (Å²) in [5, 5.41) is 17.0. The van der Waals surface area contributed by atoms with Crippen molar-refractivity contribution >= 4 is 44.3 Å². The number of benzene rings is 1. The second-order valence-corrected chi connectivity index (χ2v) is 6.51. The molecule has 0 spiro atoms. The van der Waals surface area contributed by atoms with Crippen molar-refractivity contribution in [2.45, 2.75) is 6.54 Å². The molecule has 0 unspecified atom stereocenters. The van der Waals surface area contributed by atoms with E-state index in [4.69, 9.17) is 5.11 Å². The Labute approximate surface area is 120 Å². The zero-order valence-electron chi connectivity index (χ0n) is 9.58. The van der Waals surface area contributed by atoms with Crippen LogP contribution in [-0.2, 0) is 6.54 Å². The summed E-state index contributed by atoms with van der Waals surface area (Å²) in [5.74, 6) is -0.960. The first kappa shape index (κ1) is 12.3. The van der Waals surface area contributed by atoms with Crippen LogP contribution >= 0.6 is 27.3 Å². The summed E-state index contributed by atoms with van der Waals surface area (Å²) in [6.07, 6.45) is 0. The van der Waals surface area contributed by atoms with E-state index in [0.29, 0.717) is 12.1 Å². The summed E-state index contributed by atoms with van der Waals surface area (Å²) in [4.78, 5) is 12.0. The van der Waals surface area contributed by atoms with E-state index in [0.717, 1.165) is 14.2 Å². The molecule has 3 rings (SSSR count). The van der Waals surface area contributed by atoms with Crippen LogP contribution < -0.4 is 0 Å². The molecule has 7 heteroatoms. The minimum absolute atomic E-state index is 0.221. The summed E-state index contributed by atoms with van der Waals surface area (Å²) in [6, 6.07) is 8.84. The van der Waals surface area contributed by atoms with Gasteiger partial charge in [-0.25, -0.2) is 9.48 Å². The Morgan fingerprint density at radius 1 is 1.37 bits per heavy atom. The van der Waals surface area contributed by atoms with Gasteiger partial charge in [0, 0.05) is 4.88 Å². The van der Waals surface area contributed by atoms with Crippen LogP contribution in [0.5, 0.6) is 0 Å². The van der Waals surface area contributed by atoms with Gasteiger partial charge in [0.05, 0.1) is 21.4 Å². The fraction of sp³-hybridized carbons (Fsp3) is 0.0833. The van der Waals surface area contributed by atoms with Crippen LogP contribution in [0.1, 0.15) is 15.2 Å². The maximum Gasteiger partial charge on any atom is 0.335 e. The van der Waals surface area contributed by atoms with Gasteiger partial charge in [-0.05, 0) is 46.3 Å². The number of nitrogens with zero attached hydrogens (tertiary/aromatic N) is 3. The van der Waals surface area contributed by atoms with Crippen molar-refractivity contribution in [3.05, 3.63) is 44.6 Å². The monoisotopic (exact) mass is 337 g/mol. The lowest BCUT2D eigenvalue weighted by Gasteiger charge is -2.00. The first-order valence-corrected chi connectivity index (χ1v) is 7.05. The van der Waals surface area contributed by atoms with E-state index in [2.05, 4.69) is 26.2 Å². The molecule has 1 aromatic carbocycles. The lowest BCUT2D eigenvalue weighted by Crippen LogP contribution is -2.00. The second-order valence-electron chi connectivity index (χ2n) is 3.96. The van der Waals surface area contributed by atoms with Crippen LogP contribution in [-0.4, -0.2) is 26.1 Å². The van der Waals surface area contributed by atoms with Crippen LogP contribution in [0.4, 0.5) is 0 Å². The Bertz CT molecular complexity index is 765. The maximum atomic E-state index is 10.9. The minimum Gasteiger partial charge on any atom is -0.478 e. The molecule has 0 atom stereocenters. The van der Waals surface area contributed by atoms with Crippen molar-refractivity contribution < 1.29 is 9.90 Å². The molecule has 96 valence electrons. The Morgan fingerprint density at radius 3 is 2.89 bits per heavy atom. The normalized spacial score (nSPS) is 11.0. The van der Waals surface area contributed by atoms with Gasteiger partial charge in [0.15, 0.2) is 0 Å². The van der Waals surface area contributed by atoms with Gasteiger partial charge >= 0.3 is 5.97 Å². The van der Waals surface area contributed by atoms with E-state index in [1.54, 1.807) is 28.2 Å². The molecular weight excluding hydrogens is 330 g/mol. The zero-order valence-corrected chi connectivity index (χ0v) is 12.0. The number of fused-ring (bicyclic) bond motifs is 1. The summed E-state index contributed by atoms with van der Waals surface area (Å²) < 4.78 is 2.83. The highest BCUT2D eigenvalue weighted by Gasteiger charge is 2.10. The van der Waals surface area contributed by atoms with Crippen LogP contribution in [0.15, 0.2) is 34.1 Å². The smallest absolute Gasteiger partial charge is 0.335 e. The number of hydrogen-bond donors (Lipinski definition) is 1. The Hall–Kier alpha value is -1.73. The van der Waals surface area contributed by atoms with Crippen LogP contribution in [0.25, 0.3) is 11.0 Å². The molecule has 1 N–H and O–H groups in total. The molecule has 0 saturated carbocycles. The number of carboxylic acid groups (broad SMARTS) is 1. The van der Waals surface area contributed by atoms with Crippen molar-refractivity contribution in [3.63, 3.8) is 0 Å². The lowest BCUT2D eigenvalue weighted by molar-refractivity contribution is 0.0697. The van der Waals surface area contributed by atoms with Crippen LogP contribution in [0, 0.1) is 0 Å². The number of rotatable bonds is 3. The van der Waals surface area contributed by atoms with E-state index in [1.807, 2.05) is 12.1 Å². The van der Waals surface area contributed by atoms with Crippen molar-refractivity contribution in [1.29, 1.82) is 0 Å². The molecule has 0 aliphatic carbocycles. The first-order valence-electron chi connectivity index (χ1n) is 5.44. The number of carboxylic acids is 1. The zero-order chi connectivity index (χ0) is 13.4. The molecule has 0 bridgehead atoms. The summed E-state index contributed by atoms with van der Waals surface area (Å²) in [6.45, 7) is 0.624. The summed E-state index contributed by atoms with van der Waals surface area (Å²) in [7, 11) is 0. The number of aromatic carboxylic acids is 1. The van der Waals surface area contributed by atoms with Gasteiger partial charge < -0.3 is 5.11 Å². The molecule has 0 radical (unpaired) electrons. The highest BCUT2D eigenvalue weighted by Crippen LogP contribution is 2.23. The molecule has 0 saturated heterocycles. The molecule has 5 nitrogen and oxygen atoms in total. The quantitative estimate of drug-likeness (QED) is 0.797. The van der Waals surface area contributed by atoms with E-state index in [-0.39, 0.29) is 5.56 Å². The minimum atomic E-state index is -0.960. The third-order valence-electron chi connectivity index (χ3n) is 2.70. The second kappa shape index (κ2) is 4.75. The molecule has 0 amide bonds. The predicted molar refractivity (Wildman–Crippen MR) is 75.6 cm³/mol. The van der Waals surface area contributed by atoms with Gasteiger partial charge in [0.25, 0.3) is 0 Å². The summed E-state index contributed by atoms with van der Waals surface area (Å²) in [5.41, 5.74) is 1.64. The van der Waals surface area contributed by atoms with Crippen molar-refractivity contribution in [1.82, 2.24) is 15.0 Å². The van der Waals surface area contributed by atoms with Crippen LogP contribution in [0.3, 0.4) is 0 Å². The fourth-order valence-corrected chi connectivity index (χ4v) is 3.27. The Morgan fingerprint density at radius 2 is 2.21 bits per heavy atom. The Balaban J connectivity index is 1.99. The molecular formula is C12H8BrN3O2S. The van der Waals surface area contributed by atoms with E-state index in [1.165, 1.54) is 6.07 Å². The largest absolute Gasteiger partial charge is 0.478 e. The number of hydrogen-bond acceptors (Lipinski definition) is 4. The maximum absolute atomic E-state index is 10.9. The molecule has 2 aromatic heterocycles. The van der Waals surface area contributed by atoms with Crippen molar-refractivity contribution in [3.8, 4) is 0 Å². The number of carbonyl (C=O) groups is 1. The highest BCUT2D eigenvalue weighted by atomic mass is 79.9. The average Bonchev–Trinajstić information content (AvgIpc) is 2.96. The van der Waals surface area contributed by atoms with Crippen LogP contribution in [0.2, 0.25) is 0 Å². The van der Waals surface area contributed by atoms with E-state index >= 15 is 0 Å². The van der Waals surface area contributed by atoms with Crippen molar-refractivity contribution in [2.75, 3.05) is 0 Å². The van der Waals surface area contributed by atoms with Gasteiger partial charge in [-0.1, -0.05) is 5.21 Å². The molecule has 0 aliphatic rings. The number of aromatic nitrogens is 3. The molecule has 0 aliphatic heterocycles. The fourth-order valence-electron chi connectivity index (χ4n) is 1.81. The number of halogens is 1. The lowest BCUT2D eigenvalue weighted by atomic mass is 10.2. The Kier molecular flexibility index (Phi) is 3.08. The molecule has 3 aromatic rings. The van der Waals surface area contributed by atoms with Gasteiger partial charge in [-0.15, -0.1) is 16.4 Å². The average molecular weight is 338 g/mol. The third-order valence-corrected chi connectivity index (χ3v) is 4.30. The first-order chi connectivity index (χ1) is 9.13. The van der Waals surface area contributed by atoms with Gasteiger partial charge in [0.2, 0.25) is 0 Å². The molecule has 19 heavy (non-hydrogen) atoms. The molecule has 2 heterocycles. The van der Waals surface area contributed by atoms with E-state index in [9.17, 15) is 4.79 Å². The molecule has 0 fully saturated rings. The predicted octanol–water partition coefficient (Wildman–Crippen LogP) is 3.00.